The first-order valence-corrected chi connectivity index (χ1v) is 9.47. The Labute approximate surface area is 165 Å². The monoisotopic (exact) mass is 381 g/mol. The van der Waals surface area contributed by atoms with Crippen molar-refractivity contribution in [2.45, 2.75) is 39.3 Å². The van der Waals surface area contributed by atoms with Crippen LogP contribution in [-0.4, -0.2) is 49.5 Å². The van der Waals surface area contributed by atoms with Gasteiger partial charge in [0.25, 0.3) is 0 Å². The van der Waals surface area contributed by atoms with Crippen LogP contribution < -0.4 is 5.32 Å². The van der Waals surface area contributed by atoms with E-state index in [2.05, 4.69) is 39.6 Å². The van der Waals surface area contributed by atoms with Crippen molar-refractivity contribution < 1.29 is 4.79 Å². The topological polar surface area (TPSA) is 91.7 Å². The van der Waals surface area contributed by atoms with Gasteiger partial charge in [0.1, 0.15) is 12.2 Å². The minimum Gasteiger partial charge on any atom is -0.338 e. The predicted octanol–water partition coefficient (Wildman–Crippen LogP) is 3.19. The van der Waals surface area contributed by atoms with Gasteiger partial charge in [-0.15, -0.1) is 10.2 Å². The molecule has 0 saturated heterocycles. The normalized spacial score (nSPS) is 12.2. The molecule has 8 nitrogen and oxygen atoms in total. The molecule has 2 heterocycles. The van der Waals surface area contributed by atoms with E-state index in [1.807, 2.05) is 47.9 Å². The van der Waals surface area contributed by atoms with Crippen molar-refractivity contribution in [1.82, 2.24) is 35.2 Å². The summed E-state index contributed by atoms with van der Waals surface area (Å²) in [7, 11) is 1.78. The molecule has 0 radical (unpaired) electrons. The summed E-state index contributed by atoms with van der Waals surface area (Å²) in [5.41, 5.74) is 2.79. The van der Waals surface area contributed by atoms with E-state index in [9.17, 15) is 4.79 Å². The number of benzene rings is 1. The number of aromatic amines is 1. The SMILES string of the molecule is CC(c1cc(-c2ccccc2)n[nH]1)N(C)C(=O)NCCc1nncn1C(C)C. The van der Waals surface area contributed by atoms with Crippen LogP contribution in [0.4, 0.5) is 4.79 Å². The molecule has 148 valence electrons. The highest BCUT2D eigenvalue weighted by Crippen LogP contribution is 2.23. The summed E-state index contributed by atoms with van der Waals surface area (Å²) in [6.07, 6.45) is 2.35. The van der Waals surface area contributed by atoms with E-state index in [0.29, 0.717) is 19.0 Å². The van der Waals surface area contributed by atoms with Gasteiger partial charge in [0, 0.05) is 31.6 Å². The highest BCUT2D eigenvalue weighted by Gasteiger charge is 2.19. The van der Waals surface area contributed by atoms with Crippen LogP contribution in [0, 0.1) is 0 Å². The molecule has 0 saturated carbocycles. The fraction of sp³-hybridized carbons (Fsp3) is 0.400. The molecule has 3 aromatic rings. The molecule has 2 amide bonds. The summed E-state index contributed by atoms with van der Waals surface area (Å²) in [6, 6.07) is 12.0. The van der Waals surface area contributed by atoms with Crippen LogP contribution in [0.5, 0.6) is 0 Å². The number of H-pyrrole nitrogens is 1. The van der Waals surface area contributed by atoms with Gasteiger partial charge in [-0.05, 0) is 26.8 Å². The molecule has 1 atom stereocenters. The largest absolute Gasteiger partial charge is 0.338 e. The summed E-state index contributed by atoms with van der Waals surface area (Å²) >= 11 is 0. The maximum Gasteiger partial charge on any atom is 0.317 e. The van der Waals surface area contributed by atoms with Gasteiger partial charge >= 0.3 is 6.03 Å². The Morgan fingerprint density at radius 2 is 2.00 bits per heavy atom. The molecule has 3 rings (SSSR count). The zero-order valence-corrected chi connectivity index (χ0v) is 16.8. The van der Waals surface area contributed by atoms with Crippen LogP contribution in [0.2, 0.25) is 0 Å². The molecule has 0 aliphatic rings. The van der Waals surface area contributed by atoms with Gasteiger partial charge in [0.15, 0.2) is 0 Å². The summed E-state index contributed by atoms with van der Waals surface area (Å²) in [6.45, 7) is 6.63. The van der Waals surface area contributed by atoms with E-state index in [1.54, 1.807) is 18.3 Å². The second-order valence-corrected chi connectivity index (χ2v) is 7.09. The van der Waals surface area contributed by atoms with Crippen molar-refractivity contribution in [3.63, 3.8) is 0 Å². The zero-order valence-electron chi connectivity index (χ0n) is 16.8. The smallest absolute Gasteiger partial charge is 0.317 e. The Hall–Kier alpha value is -3.16. The lowest BCUT2D eigenvalue weighted by molar-refractivity contribution is 0.193. The zero-order chi connectivity index (χ0) is 20.1. The molecule has 0 aliphatic carbocycles. The maximum absolute atomic E-state index is 12.5. The second kappa shape index (κ2) is 8.69. The van der Waals surface area contributed by atoms with Crippen LogP contribution in [0.3, 0.4) is 0 Å². The summed E-state index contributed by atoms with van der Waals surface area (Å²) in [4.78, 5) is 14.2. The lowest BCUT2D eigenvalue weighted by Gasteiger charge is -2.24. The first-order valence-electron chi connectivity index (χ1n) is 9.47. The molecule has 8 heteroatoms. The average Bonchev–Trinajstić information content (AvgIpc) is 3.37. The number of nitrogens with zero attached hydrogens (tertiary/aromatic N) is 5. The quantitative estimate of drug-likeness (QED) is 0.657. The number of carbonyl (C=O) groups excluding carboxylic acids is 1. The summed E-state index contributed by atoms with van der Waals surface area (Å²) in [5.74, 6) is 0.868. The predicted molar refractivity (Wildman–Crippen MR) is 108 cm³/mol. The number of rotatable bonds is 7. The molecule has 0 bridgehead atoms. The van der Waals surface area contributed by atoms with Crippen molar-refractivity contribution in [2.24, 2.45) is 0 Å². The maximum atomic E-state index is 12.5. The number of amides is 2. The third-order valence-electron chi connectivity index (χ3n) is 4.85. The standard InChI is InChI=1S/C20H27N7O/c1-14(2)27-13-22-25-19(27)10-11-21-20(28)26(4)15(3)17-12-18(24-23-17)16-8-6-5-7-9-16/h5-9,12-15H,10-11H2,1-4H3,(H,21,28)(H,23,24). The van der Waals surface area contributed by atoms with Crippen LogP contribution in [0.25, 0.3) is 11.3 Å². The summed E-state index contributed by atoms with van der Waals surface area (Å²) < 4.78 is 2.01. The van der Waals surface area contributed by atoms with E-state index in [0.717, 1.165) is 22.8 Å². The molecular weight excluding hydrogens is 354 g/mol. The van der Waals surface area contributed by atoms with Crippen LogP contribution >= 0.6 is 0 Å². The van der Waals surface area contributed by atoms with Crippen molar-refractivity contribution in [3.8, 4) is 11.3 Å². The first-order chi connectivity index (χ1) is 13.5. The minimum absolute atomic E-state index is 0.135. The van der Waals surface area contributed by atoms with Gasteiger partial charge < -0.3 is 14.8 Å². The minimum atomic E-state index is -0.140. The molecular formula is C20H27N7O. The third-order valence-corrected chi connectivity index (χ3v) is 4.85. The van der Waals surface area contributed by atoms with Crippen LogP contribution in [0.15, 0.2) is 42.7 Å². The number of hydrogen-bond donors (Lipinski definition) is 2. The Morgan fingerprint density at radius 3 is 2.71 bits per heavy atom. The van der Waals surface area contributed by atoms with E-state index < -0.39 is 0 Å². The third kappa shape index (κ3) is 4.39. The average molecular weight is 381 g/mol. The van der Waals surface area contributed by atoms with Gasteiger partial charge in [-0.3, -0.25) is 5.10 Å². The molecule has 2 N–H and O–H groups in total. The van der Waals surface area contributed by atoms with Gasteiger partial charge in [0.05, 0.1) is 17.4 Å². The first kappa shape index (κ1) is 19.6. The lowest BCUT2D eigenvalue weighted by Crippen LogP contribution is -2.39. The highest BCUT2D eigenvalue weighted by molar-refractivity contribution is 5.74. The number of urea groups is 1. The number of nitrogens with one attached hydrogen (secondary N) is 2. The van der Waals surface area contributed by atoms with E-state index in [-0.39, 0.29) is 12.1 Å². The van der Waals surface area contributed by atoms with E-state index >= 15 is 0 Å². The molecule has 1 aromatic carbocycles. The molecule has 0 fully saturated rings. The number of hydrogen-bond acceptors (Lipinski definition) is 4. The van der Waals surface area contributed by atoms with Gasteiger partial charge in [-0.2, -0.15) is 5.10 Å². The number of carbonyl (C=O) groups is 1. The Kier molecular flexibility index (Phi) is 6.08. The molecule has 2 aromatic heterocycles. The van der Waals surface area contributed by atoms with Crippen molar-refractivity contribution >= 4 is 6.03 Å². The van der Waals surface area contributed by atoms with Crippen LogP contribution in [-0.2, 0) is 6.42 Å². The van der Waals surface area contributed by atoms with Crippen LogP contribution in [0.1, 0.15) is 44.4 Å². The molecule has 0 aliphatic heterocycles. The van der Waals surface area contributed by atoms with Gasteiger partial charge in [0.2, 0.25) is 0 Å². The molecule has 0 spiro atoms. The van der Waals surface area contributed by atoms with Gasteiger partial charge in [-0.25, -0.2) is 4.79 Å². The Bertz CT molecular complexity index is 900. The van der Waals surface area contributed by atoms with Crippen molar-refractivity contribution in [3.05, 3.63) is 54.2 Å². The van der Waals surface area contributed by atoms with Crippen molar-refractivity contribution in [1.29, 1.82) is 0 Å². The fourth-order valence-corrected chi connectivity index (χ4v) is 2.97. The van der Waals surface area contributed by atoms with E-state index in [1.165, 1.54) is 0 Å². The summed E-state index contributed by atoms with van der Waals surface area (Å²) in [5, 5.41) is 18.4. The molecule has 1 unspecified atom stereocenters. The Morgan fingerprint density at radius 1 is 1.25 bits per heavy atom. The lowest BCUT2D eigenvalue weighted by atomic mass is 10.1. The second-order valence-electron chi connectivity index (χ2n) is 7.09. The van der Waals surface area contributed by atoms with E-state index in [4.69, 9.17) is 0 Å². The fourth-order valence-electron chi connectivity index (χ4n) is 2.97. The Balaban J connectivity index is 1.56. The van der Waals surface area contributed by atoms with Gasteiger partial charge in [-0.1, -0.05) is 30.3 Å². The van der Waals surface area contributed by atoms with Crippen molar-refractivity contribution in [2.75, 3.05) is 13.6 Å². The molecule has 28 heavy (non-hydrogen) atoms. The number of aromatic nitrogens is 5. The highest BCUT2D eigenvalue weighted by atomic mass is 16.2.